The Morgan fingerprint density at radius 2 is 1.71 bits per heavy atom. The number of epoxide rings is 1. The molecule has 49 heavy (non-hydrogen) atoms. The largest absolute Gasteiger partial charge is 0.495 e. The topological polar surface area (TPSA) is 133 Å². The molecule has 0 saturated carbocycles. The van der Waals surface area contributed by atoms with E-state index in [4.69, 9.17) is 30.5 Å². The molecule has 2 aliphatic rings. The zero-order valence-corrected chi connectivity index (χ0v) is 30.5. The first-order valence-corrected chi connectivity index (χ1v) is 17.6. The lowest BCUT2D eigenvalue weighted by Crippen LogP contribution is -2.51. The van der Waals surface area contributed by atoms with E-state index in [0.717, 1.165) is 11.1 Å². The van der Waals surface area contributed by atoms with Gasteiger partial charge in [0.15, 0.2) is 6.10 Å². The fraction of sp³-hybridized carbons (Fsp3) is 0.514. The van der Waals surface area contributed by atoms with E-state index in [-0.39, 0.29) is 49.9 Å². The number of cyclic esters (lactones) is 2. The summed E-state index contributed by atoms with van der Waals surface area (Å²) in [4.78, 5) is 53.8. The predicted molar refractivity (Wildman–Crippen MR) is 189 cm³/mol. The number of rotatable bonds is 9. The van der Waals surface area contributed by atoms with Crippen LogP contribution in [0.1, 0.15) is 70.3 Å². The highest BCUT2D eigenvalue weighted by atomic mass is 35.5. The van der Waals surface area contributed by atoms with Crippen LogP contribution in [0.2, 0.25) is 5.02 Å². The van der Waals surface area contributed by atoms with E-state index < -0.39 is 47.4 Å². The van der Waals surface area contributed by atoms with Crippen LogP contribution in [0.15, 0.2) is 54.6 Å². The molecule has 10 nitrogen and oxygen atoms in total. The first-order chi connectivity index (χ1) is 23.2. The van der Waals surface area contributed by atoms with Crippen molar-refractivity contribution < 1.29 is 38.1 Å². The number of hydrogen-bond acceptors (Lipinski definition) is 9. The lowest BCUT2D eigenvalue weighted by molar-refractivity contribution is -0.179. The van der Waals surface area contributed by atoms with Crippen molar-refractivity contribution in [3.05, 3.63) is 76.3 Å². The molecule has 0 bridgehead atoms. The molecule has 0 aliphatic carbocycles. The van der Waals surface area contributed by atoms with E-state index in [2.05, 4.69) is 23.3 Å². The number of esters is 2. The van der Waals surface area contributed by atoms with Crippen LogP contribution < -0.4 is 15.4 Å². The summed E-state index contributed by atoms with van der Waals surface area (Å²) in [5.74, 6) is -1.48. The summed E-state index contributed by atoms with van der Waals surface area (Å²) in [6.45, 7) is 8.91. The summed E-state index contributed by atoms with van der Waals surface area (Å²) in [5.41, 5.74) is 1.59. The molecule has 2 aromatic rings. The molecule has 0 radical (unpaired) electrons. The third kappa shape index (κ3) is 10.5. The van der Waals surface area contributed by atoms with Gasteiger partial charge < -0.3 is 29.6 Å². The second-order valence-corrected chi connectivity index (χ2v) is 14.5. The number of carbonyl (C=O) groups is 4. The van der Waals surface area contributed by atoms with Crippen molar-refractivity contribution in [3.63, 3.8) is 0 Å². The quantitative estimate of drug-likeness (QED) is 0.175. The molecular formula is C37H47ClN2O8S. The highest BCUT2D eigenvalue weighted by Gasteiger charge is 2.48. The third-order valence-corrected chi connectivity index (χ3v) is 9.43. The molecule has 1 saturated heterocycles. The Morgan fingerprint density at radius 3 is 2.35 bits per heavy atom. The van der Waals surface area contributed by atoms with Crippen LogP contribution in [0.4, 0.5) is 0 Å². The van der Waals surface area contributed by atoms with Gasteiger partial charge in [-0.3, -0.25) is 14.4 Å². The second kappa shape index (κ2) is 16.9. The minimum Gasteiger partial charge on any atom is -0.495 e. The molecule has 2 aliphatic heterocycles. The first kappa shape index (κ1) is 38.3. The molecule has 0 spiro atoms. The van der Waals surface area contributed by atoms with Crippen LogP contribution >= 0.6 is 24.2 Å². The second-order valence-electron chi connectivity index (χ2n) is 13.8. The van der Waals surface area contributed by atoms with Gasteiger partial charge in [-0.2, -0.15) is 12.6 Å². The Hall–Kier alpha value is -3.54. The maximum atomic E-state index is 13.6. The van der Waals surface area contributed by atoms with Crippen molar-refractivity contribution in [2.24, 2.45) is 17.3 Å². The third-order valence-electron chi connectivity index (χ3n) is 8.77. The molecule has 4 rings (SSSR count). The number of methoxy groups -OCH3 is 1. The predicted octanol–water partition coefficient (Wildman–Crippen LogP) is 5.55. The van der Waals surface area contributed by atoms with Crippen LogP contribution in [0, 0.1) is 17.3 Å². The normalized spacial score (nSPS) is 26.2. The van der Waals surface area contributed by atoms with Crippen molar-refractivity contribution in [1.29, 1.82) is 0 Å². The smallest absolute Gasteiger partial charge is 0.347 e. The van der Waals surface area contributed by atoms with Gasteiger partial charge in [0, 0.05) is 31.1 Å². The molecule has 0 aromatic heterocycles. The summed E-state index contributed by atoms with van der Waals surface area (Å²) in [6, 6.07) is 12.1. The van der Waals surface area contributed by atoms with Crippen molar-refractivity contribution in [2.75, 3.05) is 13.7 Å². The molecular weight excluding hydrogens is 668 g/mol. The Morgan fingerprint density at radius 1 is 1.02 bits per heavy atom. The van der Waals surface area contributed by atoms with Gasteiger partial charge in [0.2, 0.25) is 11.8 Å². The Labute approximate surface area is 299 Å². The standard InChI is InChI=1S/C37H47ClN2O8S/c1-21(2)16-30-35(43)46-28(22(3)32-33(48-32)25-13-10-23(19-49)11-14-25)8-7-9-31(41)40-27(18-24-12-15-29(45-6)26(38)17-24)34(42)39-20-37(4,5)36(44)47-30/h7,9-15,17,21-22,27-28,30,32-33,49H,8,16,18-20H2,1-6H3,(H,39,42)(H,40,41)/b9-7+/t22-,27+,28-,30-,32+,33+/m0/s1. The molecule has 1 fully saturated rings. The van der Waals surface area contributed by atoms with Gasteiger partial charge in [-0.1, -0.05) is 68.8 Å². The Kier molecular flexibility index (Phi) is 13.2. The minimum absolute atomic E-state index is 0.0156. The minimum atomic E-state index is -1.20. The van der Waals surface area contributed by atoms with Crippen molar-refractivity contribution in [1.82, 2.24) is 10.6 Å². The number of thiol groups is 1. The average Bonchev–Trinajstić information content (AvgIpc) is 3.86. The van der Waals surface area contributed by atoms with Crippen LogP contribution in [-0.2, 0) is 45.6 Å². The van der Waals surface area contributed by atoms with Gasteiger partial charge in [-0.15, -0.1) is 0 Å². The molecule has 2 N–H and O–H groups in total. The van der Waals surface area contributed by atoms with E-state index in [0.29, 0.717) is 22.1 Å². The van der Waals surface area contributed by atoms with Gasteiger partial charge in [0.1, 0.15) is 24.0 Å². The van der Waals surface area contributed by atoms with Crippen molar-refractivity contribution >= 4 is 48.0 Å². The Balaban J connectivity index is 1.60. The van der Waals surface area contributed by atoms with Crippen LogP contribution in [0.25, 0.3) is 0 Å². The van der Waals surface area contributed by atoms with E-state index in [1.54, 1.807) is 38.1 Å². The monoisotopic (exact) mass is 714 g/mol. The number of ether oxygens (including phenoxy) is 4. The molecule has 2 heterocycles. The van der Waals surface area contributed by atoms with Crippen molar-refractivity contribution in [3.8, 4) is 5.75 Å². The maximum absolute atomic E-state index is 13.6. The summed E-state index contributed by atoms with van der Waals surface area (Å²) in [6.07, 6.45) is 1.24. The number of hydrogen-bond donors (Lipinski definition) is 3. The van der Waals surface area contributed by atoms with Gasteiger partial charge >= 0.3 is 11.9 Å². The zero-order valence-electron chi connectivity index (χ0n) is 28.9. The lowest BCUT2D eigenvalue weighted by atomic mass is 9.92. The molecule has 266 valence electrons. The molecule has 12 heteroatoms. The SMILES string of the molecule is COc1ccc(C[C@H]2NC(=O)/C=C/C[C@@H]([C@H](C)[C@H]3O[C@@H]3c3ccc(CS)cc3)OC(=O)[C@H](CC(C)C)OC(=O)C(C)(C)CNC2=O)cc1Cl. The number of carbonyl (C=O) groups excluding carboxylic acids is 4. The molecule has 6 atom stereocenters. The van der Waals surface area contributed by atoms with E-state index in [1.807, 2.05) is 45.0 Å². The maximum Gasteiger partial charge on any atom is 0.347 e. The fourth-order valence-corrected chi connectivity index (χ4v) is 6.13. The highest BCUT2D eigenvalue weighted by Crippen LogP contribution is 2.45. The van der Waals surface area contributed by atoms with Gasteiger partial charge in [-0.05, 0) is 61.1 Å². The molecule has 0 unspecified atom stereocenters. The lowest BCUT2D eigenvalue weighted by Gasteiger charge is -2.29. The molecule has 2 aromatic carbocycles. The van der Waals surface area contributed by atoms with Crippen LogP contribution in [0.5, 0.6) is 5.75 Å². The van der Waals surface area contributed by atoms with Crippen LogP contribution in [-0.4, -0.2) is 61.8 Å². The van der Waals surface area contributed by atoms with Gasteiger partial charge in [0.25, 0.3) is 0 Å². The summed E-state index contributed by atoms with van der Waals surface area (Å²) in [7, 11) is 1.51. The van der Waals surface area contributed by atoms with E-state index in [9.17, 15) is 19.2 Å². The fourth-order valence-electron chi connectivity index (χ4n) is 5.63. The summed E-state index contributed by atoms with van der Waals surface area (Å²) in [5, 5.41) is 5.91. The first-order valence-electron chi connectivity index (χ1n) is 16.6. The molecule has 2 amide bonds. The highest BCUT2D eigenvalue weighted by molar-refractivity contribution is 7.79. The van der Waals surface area contributed by atoms with Crippen LogP contribution in [0.3, 0.4) is 0 Å². The average molecular weight is 715 g/mol. The van der Waals surface area contributed by atoms with E-state index in [1.165, 1.54) is 13.2 Å². The van der Waals surface area contributed by atoms with Gasteiger partial charge in [-0.25, -0.2) is 4.79 Å². The zero-order chi connectivity index (χ0) is 35.9. The number of benzene rings is 2. The van der Waals surface area contributed by atoms with Gasteiger partial charge in [0.05, 0.1) is 23.7 Å². The van der Waals surface area contributed by atoms with Crippen molar-refractivity contribution in [2.45, 2.75) is 90.1 Å². The number of nitrogens with one attached hydrogen (secondary N) is 2. The summed E-state index contributed by atoms with van der Waals surface area (Å²) >= 11 is 10.7. The Bertz CT molecular complexity index is 1530. The number of halogens is 1. The van der Waals surface area contributed by atoms with E-state index >= 15 is 0 Å². The number of amides is 2. The summed E-state index contributed by atoms with van der Waals surface area (Å²) < 4.78 is 23.2.